The summed E-state index contributed by atoms with van der Waals surface area (Å²) in [5, 5.41) is 0. The van der Waals surface area contributed by atoms with Gasteiger partial charge in [0.15, 0.2) is 0 Å². The van der Waals surface area contributed by atoms with Crippen molar-refractivity contribution in [2.75, 3.05) is 0 Å². The molecule has 10 heavy (non-hydrogen) atoms. The molecule has 12 N–H and O–H groups in total. The van der Waals surface area contributed by atoms with Crippen LogP contribution in [-0.4, -0.2) is 0 Å². The normalized spacial score (nSPS) is 16.2. The molecule has 0 unspecified atom stereocenters. The summed E-state index contributed by atoms with van der Waals surface area (Å²) in [6.45, 7) is 0. The second-order valence-corrected chi connectivity index (χ2v) is 6.87. The Morgan fingerprint density at radius 2 is 0.500 bits per heavy atom. The van der Waals surface area contributed by atoms with Gasteiger partial charge >= 0.3 is 40.5 Å². The second kappa shape index (κ2) is 3.25. The van der Waals surface area contributed by atoms with Crippen molar-refractivity contribution in [3.05, 3.63) is 0 Å². The molecule has 0 aromatic rings. The Balaban J connectivity index is -0.0000000600. The SMILES string of the molecule is Cl.Cl.Cl.[NH2][Co]([NH2])([NH2])([NH2])([NH2])[NH2]. The summed E-state index contributed by atoms with van der Waals surface area (Å²) in [4.78, 5) is 29.2. The Bertz CT molecular complexity index is 71.6. The van der Waals surface area contributed by atoms with Crippen molar-refractivity contribution in [1.82, 2.24) is 0 Å². The molecular formula is H15Cl3CoN6. The summed E-state index contributed by atoms with van der Waals surface area (Å²) in [5.41, 5.74) is 0. The summed E-state index contributed by atoms with van der Waals surface area (Å²) in [6.07, 6.45) is 0. The van der Waals surface area contributed by atoms with Gasteiger partial charge in [0.1, 0.15) is 0 Å². The van der Waals surface area contributed by atoms with Gasteiger partial charge in [0.25, 0.3) is 0 Å². The molecule has 0 aliphatic heterocycles. The van der Waals surface area contributed by atoms with Crippen molar-refractivity contribution in [2.45, 2.75) is 0 Å². The van der Waals surface area contributed by atoms with Gasteiger partial charge in [-0.25, -0.2) is 0 Å². The quantitative estimate of drug-likeness (QED) is 0.289. The van der Waals surface area contributed by atoms with Gasteiger partial charge in [-0.1, -0.05) is 0 Å². The van der Waals surface area contributed by atoms with Crippen molar-refractivity contribution >= 4 is 37.2 Å². The van der Waals surface area contributed by atoms with E-state index in [1.807, 2.05) is 0 Å². The van der Waals surface area contributed by atoms with E-state index in [9.17, 15) is 0 Å². The molecule has 0 saturated heterocycles. The fourth-order valence-electron chi connectivity index (χ4n) is 0. The molecule has 0 spiro atoms. The first-order valence-corrected chi connectivity index (χ1v) is 4.76. The topological polar surface area (TPSA) is 156 Å². The van der Waals surface area contributed by atoms with Gasteiger partial charge in [-0.15, -0.1) is 37.2 Å². The standard InChI is InChI=1S/3ClH.Co.6H2N/h3*1H;;6*1H2/q;;;+6;6*-1. The van der Waals surface area contributed by atoms with E-state index in [2.05, 4.69) is 0 Å². The zero-order valence-electron chi connectivity index (χ0n) is 5.02. The van der Waals surface area contributed by atoms with E-state index in [0.717, 1.165) is 0 Å². The Hall–Kier alpha value is 1.14. The molecule has 6 nitrogen and oxygen atoms in total. The Labute approximate surface area is 77.8 Å². The van der Waals surface area contributed by atoms with Gasteiger partial charge in [0, 0.05) is 0 Å². The van der Waals surface area contributed by atoms with Gasteiger partial charge in [-0.05, 0) is 0 Å². The molecule has 0 aliphatic rings. The van der Waals surface area contributed by atoms with Gasteiger partial charge in [-0.3, -0.25) is 0 Å². The monoisotopic (exact) mass is 263 g/mol. The molecule has 0 atom stereocenters. The van der Waals surface area contributed by atoms with E-state index in [1.54, 1.807) is 0 Å². The number of hydrogen-bond donors (Lipinski definition) is 6. The minimum atomic E-state index is -4.65. The third kappa shape index (κ3) is 468. The average molecular weight is 264 g/mol. The average Bonchev–Trinajstić information content (AvgIpc) is 0.592. The molecule has 0 heterocycles. The first-order chi connectivity index (χ1) is 2.45. The van der Waals surface area contributed by atoms with Crippen LogP contribution >= 0.6 is 37.2 Å². The Kier molecular flexibility index (Phi) is 7.30. The molecule has 0 saturated carbocycles. The molecule has 0 amide bonds. The van der Waals surface area contributed by atoms with E-state index in [0.29, 0.717) is 0 Å². The second-order valence-electron chi connectivity index (χ2n) is 1.67. The summed E-state index contributed by atoms with van der Waals surface area (Å²) in [6, 6.07) is 0. The first kappa shape index (κ1) is 22.5. The van der Waals surface area contributed by atoms with Crippen LogP contribution < -0.4 is 28.7 Å². The van der Waals surface area contributed by atoms with Crippen LogP contribution in [0.2, 0.25) is 0 Å². The maximum atomic E-state index is 4.86. The third-order valence-electron chi connectivity index (χ3n) is 0. The Morgan fingerprint density at radius 1 is 0.500 bits per heavy atom. The minimum absolute atomic E-state index is 0. The van der Waals surface area contributed by atoms with Gasteiger partial charge < -0.3 is 0 Å². The van der Waals surface area contributed by atoms with Crippen LogP contribution in [0.25, 0.3) is 0 Å². The zero-order valence-corrected chi connectivity index (χ0v) is 8.51. The summed E-state index contributed by atoms with van der Waals surface area (Å²) in [7, 11) is 0. The van der Waals surface area contributed by atoms with Crippen LogP contribution in [0.3, 0.4) is 0 Å². The first-order valence-electron chi connectivity index (χ1n) is 1.15. The predicted octanol–water partition coefficient (Wildman–Crippen LogP) is -2.28. The van der Waals surface area contributed by atoms with E-state index < -0.39 is 11.8 Å². The fourth-order valence-corrected chi connectivity index (χ4v) is 0. The summed E-state index contributed by atoms with van der Waals surface area (Å²) < 4.78 is 0. The van der Waals surface area contributed by atoms with Crippen LogP contribution in [0.4, 0.5) is 0 Å². The van der Waals surface area contributed by atoms with E-state index in [4.69, 9.17) is 28.7 Å². The molecule has 0 bridgehead atoms. The fraction of sp³-hybridized carbons (Fsp3) is 0. The predicted molar refractivity (Wildman–Crippen MR) is 46.9 cm³/mol. The number of rotatable bonds is 0. The van der Waals surface area contributed by atoms with Crippen molar-refractivity contribution in [2.24, 2.45) is 28.7 Å². The van der Waals surface area contributed by atoms with Crippen molar-refractivity contribution in [3.8, 4) is 0 Å². The van der Waals surface area contributed by atoms with Crippen molar-refractivity contribution in [1.29, 1.82) is 0 Å². The van der Waals surface area contributed by atoms with E-state index in [-0.39, 0.29) is 37.2 Å². The van der Waals surface area contributed by atoms with Gasteiger partial charge in [0.05, 0.1) is 0 Å². The van der Waals surface area contributed by atoms with Crippen LogP contribution in [0.15, 0.2) is 0 Å². The molecular weight excluding hydrogens is 249 g/mol. The molecule has 10 heteroatoms. The summed E-state index contributed by atoms with van der Waals surface area (Å²) >= 11 is -4.65. The summed E-state index contributed by atoms with van der Waals surface area (Å²) in [5.74, 6) is 0. The molecule has 0 aromatic carbocycles. The molecule has 0 fully saturated rings. The van der Waals surface area contributed by atoms with Gasteiger partial charge in [-0.2, -0.15) is 0 Å². The van der Waals surface area contributed by atoms with Gasteiger partial charge in [0.2, 0.25) is 0 Å². The van der Waals surface area contributed by atoms with Crippen molar-refractivity contribution < 1.29 is 11.8 Å². The molecule has 75 valence electrons. The van der Waals surface area contributed by atoms with E-state index >= 15 is 0 Å². The molecule has 0 aliphatic carbocycles. The van der Waals surface area contributed by atoms with E-state index in [1.165, 1.54) is 0 Å². The maximum absolute atomic E-state index is 4.86. The molecule has 0 radical (unpaired) electrons. The zero-order chi connectivity index (χ0) is 6.41. The van der Waals surface area contributed by atoms with Crippen LogP contribution in [-0.2, 0) is 11.8 Å². The van der Waals surface area contributed by atoms with Crippen molar-refractivity contribution in [3.63, 3.8) is 0 Å². The van der Waals surface area contributed by atoms with Crippen LogP contribution in [0, 0.1) is 0 Å². The number of hydrogen-bond acceptors (Lipinski definition) is 6. The number of nitrogens with two attached hydrogens (primary N) is 6. The molecule has 0 aromatic heterocycles. The number of halogens is 3. The molecule has 0 rings (SSSR count). The van der Waals surface area contributed by atoms with Crippen LogP contribution in [0.5, 0.6) is 0 Å². The third-order valence-corrected chi connectivity index (χ3v) is 0. The van der Waals surface area contributed by atoms with Crippen LogP contribution in [0.1, 0.15) is 0 Å². The Morgan fingerprint density at radius 3 is 0.500 bits per heavy atom.